The molecule has 12 nitrogen and oxygen atoms in total. The van der Waals surface area contributed by atoms with Gasteiger partial charge < -0.3 is 39.0 Å². The summed E-state index contributed by atoms with van der Waals surface area (Å²) >= 11 is 0. The second-order valence-electron chi connectivity index (χ2n) is 22.7. The van der Waals surface area contributed by atoms with Gasteiger partial charge >= 0.3 is 23.9 Å². The molecule has 1 saturated heterocycles. The lowest BCUT2D eigenvalue weighted by atomic mass is 9.98. The summed E-state index contributed by atoms with van der Waals surface area (Å²) in [6.45, 7) is 5.77. The third kappa shape index (κ3) is 49.1. The number of carboxylic acids is 1. The summed E-state index contributed by atoms with van der Waals surface area (Å²) in [5, 5.41) is 31.6. The van der Waals surface area contributed by atoms with Crippen LogP contribution in [0.4, 0.5) is 0 Å². The molecule has 0 aliphatic carbocycles. The lowest BCUT2D eigenvalue weighted by Gasteiger charge is -2.40. The molecule has 6 atom stereocenters. The summed E-state index contributed by atoms with van der Waals surface area (Å²) in [5.41, 5.74) is 0. The zero-order valence-electron chi connectivity index (χ0n) is 53.6. The molecule has 0 bridgehead atoms. The number of unbranched alkanes of at least 4 members (excludes halogenated alkanes) is 25. The summed E-state index contributed by atoms with van der Waals surface area (Å²) in [6, 6.07) is 0. The van der Waals surface area contributed by atoms with Crippen LogP contribution >= 0.6 is 0 Å². The Hall–Kier alpha value is -4.62. The maximum Gasteiger partial charge on any atom is 0.335 e. The van der Waals surface area contributed by atoms with E-state index >= 15 is 0 Å². The fraction of sp³-hybridized carbons (Fsp3) is 0.699. The molecular formula is C73H120O12. The van der Waals surface area contributed by atoms with Crippen molar-refractivity contribution >= 4 is 23.9 Å². The van der Waals surface area contributed by atoms with Crippen molar-refractivity contribution in [2.75, 3.05) is 13.2 Å². The van der Waals surface area contributed by atoms with Crippen LogP contribution in [0, 0.1) is 0 Å². The number of hydrogen-bond donors (Lipinski definition) is 3. The van der Waals surface area contributed by atoms with E-state index in [0.29, 0.717) is 19.3 Å². The van der Waals surface area contributed by atoms with E-state index in [0.717, 1.165) is 148 Å². The van der Waals surface area contributed by atoms with E-state index in [4.69, 9.17) is 23.7 Å². The van der Waals surface area contributed by atoms with Gasteiger partial charge in [0.2, 0.25) is 0 Å². The standard InChI is InChI=1S/C73H120O12/c1-4-7-10-13-16-19-22-25-28-31-33-36-38-41-44-47-50-53-56-59-65(74)81-62-64(83-66(75)60-57-54-51-48-45-42-40-37-34-32-29-26-23-20-17-14-11-8-5-2)63-82-73-71(69(78)68(77)70(85-73)72(79)80)84-67(76)61-58-55-52-49-46-43-39-35-30-27-24-21-18-15-12-9-6-3/h7,9-10,12,16,18-19,21,25-30,33,36,39,43,64,68-71,73,77-78H,4-6,8,11,13-15,17,20,22-24,31-32,34-35,37-38,40-42,44-63H2,1-3H3,(H,79,80)/b10-7-,12-9-,19-16-,21-18-,28-25-,29-26-,30-27-,36-33-,43-39-. The second-order valence-corrected chi connectivity index (χ2v) is 22.7. The van der Waals surface area contributed by atoms with Gasteiger partial charge in [0.1, 0.15) is 18.8 Å². The van der Waals surface area contributed by atoms with Gasteiger partial charge in [0.05, 0.1) is 6.61 Å². The number of rotatable bonds is 57. The van der Waals surface area contributed by atoms with Crippen LogP contribution in [0.25, 0.3) is 0 Å². The highest BCUT2D eigenvalue weighted by molar-refractivity contribution is 5.74. The van der Waals surface area contributed by atoms with E-state index in [1.165, 1.54) is 70.6 Å². The quantitative estimate of drug-likeness (QED) is 0.0228. The zero-order chi connectivity index (χ0) is 61.7. The minimum atomic E-state index is -1.92. The molecule has 85 heavy (non-hydrogen) atoms. The SMILES string of the molecule is CC/C=C\C/C=C\C/C=C\C/C=C\CCCCCCCCC(=O)OCC(COC1OC(C(=O)O)C(O)C(O)C1OC(=O)CCCCCC/C=C\C/C=C\C/C=C\C/C=C\CC)OC(=O)CCCCCCCCCCC/C=C\CCCCCCCC. The molecule has 0 aromatic carbocycles. The number of carboxylic acid groups (broad SMARTS) is 1. The number of ether oxygens (including phenoxy) is 5. The Morgan fingerprint density at radius 3 is 1.14 bits per heavy atom. The van der Waals surface area contributed by atoms with Crippen molar-refractivity contribution < 1.29 is 58.2 Å². The van der Waals surface area contributed by atoms with Crippen molar-refractivity contribution in [3.8, 4) is 0 Å². The Labute approximate surface area is 516 Å². The maximum atomic E-state index is 13.2. The van der Waals surface area contributed by atoms with Gasteiger partial charge in [-0.25, -0.2) is 4.79 Å². The zero-order valence-corrected chi connectivity index (χ0v) is 53.6. The number of carbonyl (C=O) groups is 4. The molecule has 484 valence electrons. The van der Waals surface area contributed by atoms with Crippen molar-refractivity contribution in [3.63, 3.8) is 0 Å². The topological polar surface area (TPSA) is 175 Å². The monoisotopic (exact) mass is 1190 g/mol. The Bertz CT molecular complexity index is 1890. The molecule has 1 rings (SSSR count). The van der Waals surface area contributed by atoms with Gasteiger partial charge in [0.25, 0.3) is 0 Å². The summed E-state index contributed by atoms with van der Waals surface area (Å²) in [5.74, 6) is -3.17. The number of aliphatic hydroxyl groups is 2. The second kappa shape index (κ2) is 59.7. The first kappa shape index (κ1) is 78.4. The van der Waals surface area contributed by atoms with Crippen LogP contribution in [0.1, 0.15) is 278 Å². The minimum absolute atomic E-state index is 0.0265. The molecular weight excluding hydrogens is 1070 g/mol. The maximum absolute atomic E-state index is 13.2. The predicted molar refractivity (Wildman–Crippen MR) is 349 cm³/mol. The molecule has 0 spiro atoms. The Morgan fingerprint density at radius 2 is 0.741 bits per heavy atom. The molecule has 0 aromatic rings. The highest BCUT2D eigenvalue weighted by Gasteiger charge is 2.50. The number of carbonyl (C=O) groups excluding carboxylic acids is 3. The largest absolute Gasteiger partial charge is 0.479 e. The van der Waals surface area contributed by atoms with Gasteiger partial charge in [-0.05, 0) is 122 Å². The van der Waals surface area contributed by atoms with Crippen LogP contribution in [0.15, 0.2) is 109 Å². The lowest BCUT2D eigenvalue weighted by molar-refractivity contribution is -0.301. The predicted octanol–water partition coefficient (Wildman–Crippen LogP) is 18.6. The van der Waals surface area contributed by atoms with Crippen LogP contribution in [-0.4, -0.2) is 89.2 Å². The smallest absolute Gasteiger partial charge is 0.335 e. The summed E-state index contributed by atoms with van der Waals surface area (Å²) in [4.78, 5) is 51.4. The van der Waals surface area contributed by atoms with Gasteiger partial charge in [-0.3, -0.25) is 14.4 Å². The average molecular weight is 1190 g/mol. The number of aliphatic carboxylic acids is 1. The van der Waals surface area contributed by atoms with Crippen LogP contribution in [0.3, 0.4) is 0 Å². The Kier molecular flexibility index (Phi) is 55.1. The number of aliphatic hydroxyl groups excluding tert-OH is 2. The fourth-order valence-electron chi connectivity index (χ4n) is 9.70. The molecule has 1 heterocycles. The van der Waals surface area contributed by atoms with Gasteiger partial charge in [-0.2, -0.15) is 0 Å². The molecule has 1 aliphatic rings. The summed E-state index contributed by atoms with van der Waals surface area (Å²) in [7, 11) is 0. The third-order valence-electron chi connectivity index (χ3n) is 14.8. The lowest BCUT2D eigenvalue weighted by Crippen LogP contribution is -2.61. The third-order valence-corrected chi connectivity index (χ3v) is 14.8. The van der Waals surface area contributed by atoms with Crippen molar-refractivity contribution in [2.45, 2.75) is 314 Å². The van der Waals surface area contributed by atoms with Crippen LogP contribution in [0.2, 0.25) is 0 Å². The molecule has 6 unspecified atom stereocenters. The first-order valence-electron chi connectivity index (χ1n) is 33.9. The highest BCUT2D eigenvalue weighted by Crippen LogP contribution is 2.27. The summed E-state index contributed by atoms with van der Waals surface area (Å²) < 4.78 is 28.6. The van der Waals surface area contributed by atoms with Crippen molar-refractivity contribution in [1.29, 1.82) is 0 Å². The van der Waals surface area contributed by atoms with E-state index in [1.54, 1.807) is 0 Å². The Balaban J connectivity index is 2.68. The van der Waals surface area contributed by atoms with Gasteiger partial charge in [0.15, 0.2) is 24.6 Å². The molecule has 1 fully saturated rings. The average Bonchev–Trinajstić information content (AvgIpc) is 3.46. The fourth-order valence-corrected chi connectivity index (χ4v) is 9.70. The van der Waals surface area contributed by atoms with Crippen molar-refractivity contribution in [1.82, 2.24) is 0 Å². The highest BCUT2D eigenvalue weighted by atomic mass is 16.7. The molecule has 1 aliphatic heterocycles. The van der Waals surface area contributed by atoms with E-state index in [-0.39, 0.29) is 25.9 Å². The van der Waals surface area contributed by atoms with Crippen LogP contribution in [-0.2, 0) is 42.9 Å². The normalized spacial score (nSPS) is 18.2. The molecule has 0 saturated carbocycles. The first-order valence-corrected chi connectivity index (χ1v) is 33.9. The summed E-state index contributed by atoms with van der Waals surface area (Å²) in [6.07, 6.45) is 68.9. The van der Waals surface area contributed by atoms with Gasteiger partial charge in [0, 0.05) is 19.3 Å². The molecule has 0 radical (unpaired) electrons. The van der Waals surface area contributed by atoms with Gasteiger partial charge in [-0.1, -0.05) is 246 Å². The molecule has 0 amide bonds. The first-order chi connectivity index (χ1) is 41.6. The van der Waals surface area contributed by atoms with Crippen LogP contribution in [0.5, 0.6) is 0 Å². The number of allylic oxidation sites excluding steroid dienone is 18. The Morgan fingerprint density at radius 1 is 0.400 bits per heavy atom. The minimum Gasteiger partial charge on any atom is -0.479 e. The molecule has 12 heteroatoms. The van der Waals surface area contributed by atoms with Crippen molar-refractivity contribution in [3.05, 3.63) is 109 Å². The van der Waals surface area contributed by atoms with Crippen LogP contribution < -0.4 is 0 Å². The molecule has 0 aromatic heterocycles. The van der Waals surface area contributed by atoms with Gasteiger partial charge in [-0.15, -0.1) is 0 Å². The van der Waals surface area contributed by atoms with E-state index in [9.17, 15) is 34.5 Å². The van der Waals surface area contributed by atoms with E-state index < -0.39 is 67.3 Å². The van der Waals surface area contributed by atoms with Crippen molar-refractivity contribution in [2.24, 2.45) is 0 Å². The van der Waals surface area contributed by atoms with E-state index in [2.05, 4.69) is 130 Å². The number of hydrogen-bond acceptors (Lipinski definition) is 11. The van der Waals surface area contributed by atoms with E-state index in [1.807, 2.05) is 0 Å². The molecule has 3 N–H and O–H groups in total. The number of esters is 3.